The third kappa shape index (κ3) is 3.94. The molecule has 0 aliphatic carbocycles. The molecule has 0 bridgehead atoms. The highest BCUT2D eigenvalue weighted by molar-refractivity contribution is 7.10. The lowest BCUT2D eigenvalue weighted by Crippen LogP contribution is -2.32. The number of pyridine rings is 1. The van der Waals surface area contributed by atoms with Gasteiger partial charge in [-0.25, -0.2) is 9.97 Å². The van der Waals surface area contributed by atoms with Crippen molar-refractivity contribution in [1.82, 2.24) is 19.3 Å². The van der Waals surface area contributed by atoms with Crippen LogP contribution in [0.4, 0.5) is 5.13 Å². The Morgan fingerprint density at radius 1 is 1.15 bits per heavy atom. The van der Waals surface area contributed by atoms with Gasteiger partial charge in [0, 0.05) is 60.3 Å². The molecule has 4 heterocycles. The number of aromatic nitrogens is 4. The van der Waals surface area contributed by atoms with Crippen LogP contribution in [-0.2, 0) is 6.42 Å². The molecular formula is C19H23N5S2. The Labute approximate surface area is 162 Å². The molecule has 26 heavy (non-hydrogen) atoms. The molecule has 1 fully saturated rings. The lowest BCUT2D eigenvalue weighted by Gasteiger charge is -2.30. The van der Waals surface area contributed by atoms with E-state index in [2.05, 4.69) is 33.5 Å². The minimum absolute atomic E-state index is 0.551. The first kappa shape index (κ1) is 17.5. The molecule has 3 aromatic rings. The van der Waals surface area contributed by atoms with Crippen molar-refractivity contribution in [2.45, 2.75) is 39.0 Å². The zero-order chi connectivity index (χ0) is 17.9. The molecule has 1 aliphatic rings. The van der Waals surface area contributed by atoms with E-state index < -0.39 is 0 Å². The van der Waals surface area contributed by atoms with Gasteiger partial charge in [0.25, 0.3) is 0 Å². The maximum absolute atomic E-state index is 4.89. The molecule has 0 unspecified atom stereocenters. The smallest absolute Gasteiger partial charge is 0.205 e. The Morgan fingerprint density at radius 2 is 1.92 bits per heavy atom. The number of hydrogen-bond donors (Lipinski definition) is 0. The minimum Gasteiger partial charge on any atom is -0.347 e. The molecule has 136 valence electrons. The molecule has 3 aromatic heterocycles. The van der Waals surface area contributed by atoms with Crippen molar-refractivity contribution in [2.75, 3.05) is 18.0 Å². The normalized spacial score (nSPS) is 15.7. The topological polar surface area (TPSA) is 54.8 Å². The van der Waals surface area contributed by atoms with Crippen LogP contribution in [0.3, 0.4) is 0 Å². The second-order valence-electron chi connectivity index (χ2n) is 7.16. The van der Waals surface area contributed by atoms with Crippen molar-refractivity contribution in [1.29, 1.82) is 0 Å². The van der Waals surface area contributed by atoms with Crippen LogP contribution >= 0.6 is 22.9 Å². The molecule has 0 atom stereocenters. The molecule has 0 aromatic carbocycles. The fraction of sp³-hybridized carbons (Fsp3) is 0.474. The molecule has 0 radical (unpaired) electrons. The van der Waals surface area contributed by atoms with E-state index in [1.165, 1.54) is 5.01 Å². The van der Waals surface area contributed by atoms with Crippen LogP contribution in [0.15, 0.2) is 29.9 Å². The number of nitrogens with zero attached hydrogens (tertiary/aromatic N) is 5. The summed E-state index contributed by atoms with van der Waals surface area (Å²) in [5.41, 5.74) is 2.21. The van der Waals surface area contributed by atoms with Gasteiger partial charge in [-0.2, -0.15) is 4.37 Å². The summed E-state index contributed by atoms with van der Waals surface area (Å²) in [5.74, 6) is 2.14. The van der Waals surface area contributed by atoms with E-state index in [0.29, 0.717) is 11.8 Å². The number of hydrogen-bond acceptors (Lipinski definition) is 7. The summed E-state index contributed by atoms with van der Waals surface area (Å²) in [6.07, 6.45) is 6.86. The van der Waals surface area contributed by atoms with Gasteiger partial charge >= 0.3 is 0 Å². The van der Waals surface area contributed by atoms with Gasteiger partial charge in [0.2, 0.25) is 5.13 Å². The van der Waals surface area contributed by atoms with Gasteiger partial charge in [-0.15, -0.1) is 11.3 Å². The largest absolute Gasteiger partial charge is 0.347 e. The monoisotopic (exact) mass is 385 g/mol. The van der Waals surface area contributed by atoms with Crippen LogP contribution in [-0.4, -0.2) is 32.4 Å². The standard InChI is InChI=1S/C19H23N5S2/c1-13(2)11-17-22-19(26-23-17)24-9-5-15(6-10-24)18-21-16(12-25-18)14-3-7-20-8-4-14/h3-4,7-8,12-13,15H,5-6,9-11H2,1-2H3. The van der Waals surface area contributed by atoms with Crippen LogP contribution in [0, 0.1) is 5.92 Å². The Morgan fingerprint density at radius 3 is 2.65 bits per heavy atom. The molecule has 0 N–H and O–H groups in total. The van der Waals surface area contributed by atoms with Gasteiger partial charge in [-0.05, 0) is 30.9 Å². The SMILES string of the molecule is CC(C)Cc1nsc(N2CCC(c3nc(-c4ccncc4)cs3)CC2)n1. The van der Waals surface area contributed by atoms with Crippen LogP contribution in [0.25, 0.3) is 11.3 Å². The Hall–Kier alpha value is -1.86. The molecule has 0 saturated carbocycles. The number of piperidine rings is 1. The summed E-state index contributed by atoms with van der Waals surface area (Å²) in [5, 5.41) is 4.50. The summed E-state index contributed by atoms with van der Waals surface area (Å²) in [6, 6.07) is 4.04. The summed E-state index contributed by atoms with van der Waals surface area (Å²) in [4.78, 5) is 16.1. The van der Waals surface area contributed by atoms with Gasteiger partial charge in [0.1, 0.15) is 5.82 Å². The van der Waals surface area contributed by atoms with Gasteiger partial charge in [0.15, 0.2) is 0 Å². The van der Waals surface area contributed by atoms with Gasteiger partial charge in [0.05, 0.1) is 10.7 Å². The fourth-order valence-corrected chi connectivity index (χ4v) is 5.02. The molecule has 4 rings (SSSR count). The van der Waals surface area contributed by atoms with E-state index in [4.69, 9.17) is 9.97 Å². The molecule has 0 amide bonds. The lowest BCUT2D eigenvalue weighted by molar-refractivity contribution is 0.503. The fourth-order valence-electron chi connectivity index (χ4n) is 3.27. The van der Waals surface area contributed by atoms with Crippen molar-refractivity contribution >= 4 is 28.0 Å². The average molecular weight is 386 g/mol. The first-order chi connectivity index (χ1) is 12.7. The number of thiazole rings is 1. The predicted octanol–water partition coefficient (Wildman–Crippen LogP) is 4.64. The molecule has 1 aliphatic heterocycles. The summed E-state index contributed by atoms with van der Waals surface area (Å²) in [7, 11) is 0. The van der Waals surface area contributed by atoms with Gasteiger partial charge in [-0.3, -0.25) is 4.98 Å². The number of rotatable bonds is 5. The van der Waals surface area contributed by atoms with Crippen molar-refractivity contribution in [3.8, 4) is 11.3 Å². The highest BCUT2D eigenvalue weighted by atomic mass is 32.1. The van der Waals surface area contributed by atoms with E-state index in [9.17, 15) is 0 Å². The Balaban J connectivity index is 1.38. The number of anilines is 1. The lowest BCUT2D eigenvalue weighted by atomic mass is 9.98. The molecule has 5 nitrogen and oxygen atoms in total. The Bertz CT molecular complexity index is 835. The first-order valence-corrected chi connectivity index (χ1v) is 10.8. The quantitative estimate of drug-likeness (QED) is 0.640. The molecule has 0 spiro atoms. The van der Waals surface area contributed by atoms with Crippen LogP contribution < -0.4 is 4.90 Å². The zero-order valence-corrected chi connectivity index (χ0v) is 16.8. The van der Waals surface area contributed by atoms with Crippen LogP contribution in [0.1, 0.15) is 43.4 Å². The molecular weight excluding hydrogens is 362 g/mol. The second-order valence-corrected chi connectivity index (χ2v) is 8.78. The highest BCUT2D eigenvalue weighted by Crippen LogP contribution is 2.34. The minimum atomic E-state index is 0.551. The summed E-state index contributed by atoms with van der Waals surface area (Å²) < 4.78 is 4.52. The summed E-state index contributed by atoms with van der Waals surface area (Å²) >= 11 is 3.33. The summed E-state index contributed by atoms with van der Waals surface area (Å²) in [6.45, 7) is 6.48. The van der Waals surface area contributed by atoms with E-state index in [1.807, 2.05) is 24.5 Å². The van der Waals surface area contributed by atoms with E-state index in [0.717, 1.165) is 54.6 Å². The van der Waals surface area contributed by atoms with Crippen molar-refractivity contribution in [2.24, 2.45) is 5.92 Å². The second kappa shape index (κ2) is 7.80. The first-order valence-electron chi connectivity index (χ1n) is 9.12. The van der Waals surface area contributed by atoms with Crippen LogP contribution in [0.5, 0.6) is 0 Å². The Kier molecular flexibility index (Phi) is 5.26. The molecule has 1 saturated heterocycles. The van der Waals surface area contributed by atoms with Gasteiger partial charge < -0.3 is 4.90 Å². The van der Waals surface area contributed by atoms with Crippen molar-refractivity contribution in [3.63, 3.8) is 0 Å². The van der Waals surface area contributed by atoms with Crippen LogP contribution in [0.2, 0.25) is 0 Å². The third-order valence-corrected chi connectivity index (χ3v) is 6.48. The maximum Gasteiger partial charge on any atom is 0.205 e. The highest BCUT2D eigenvalue weighted by Gasteiger charge is 2.25. The third-order valence-electron chi connectivity index (χ3n) is 4.66. The van der Waals surface area contributed by atoms with E-state index in [1.54, 1.807) is 22.9 Å². The van der Waals surface area contributed by atoms with E-state index in [-0.39, 0.29) is 0 Å². The predicted molar refractivity (Wildman–Crippen MR) is 108 cm³/mol. The molecule has 7 heteroatoms. The average Bonchev–Trinajstić information content (AvgIpc) is 3.32. The van der Waals surface area contributed by atoms with Crippen molar-refractivity contribution < 1.29 is 0 Å². The zero-order valence-electron chi connectivity index (χ0n) is 15.1. The maximum atomic E-state index is 4.89. The van der Waals surface area contributed by atoms with Gasteiger partial charge in [-0.1, -0.05) is 13.8 Å². The van der Waals surface area contributed by atoms with E-state index >= 15 is 0 Å². The van der Waals surface area contributed by atoms with Crippen molar-refractivity contribution in [3.05, 3.63) is 40.7 Å².